The monoisotopic (exact) mass is 794 g/mol. The third kappa shape index (κ3) is 39.4. The summed E-state index contributed by atoms with van der Waals surface area (Å²) in [5, 5.41) is 0. The molecule has 0 spiro atoms. The first kappa shape index (κ1) is 46.3. The summed E-state index contributed by atoms with van der Waals surface area (Å²) < 4.78 is 67.9. The fourth-order valence-electron chi connectivity index (χ4n) is 2.01. The van der Waals surface area contributed by atoms with Crippen molar-refractivity contribution in [3.63, 3.8) is 0 Å². The van der Waals surface area contributed by atoms with Crippen molar-refractivity contribution in [1.29, 1.82) is 0 Å². The van der Waals surface area contributed by atoms with Gasteiger partial charge in [-0.2, -0.15) is 0 Å². The van der Waals surface area contributed by atoms with Crippen LogP contribution in [0.1, 0.15) is 52.7 Å². The zero-order valence-electron chi connectivity index (χ0n) is 22.6. The van der Waals surface area contributed by atoms with Crippen molar-refractivity contribution in [2.45, 2.75) is 52.6 Å². The normalized spacial score (nSPS) is 12.1. The maximum atomic E-state index is 8.49. The van der Waals surface area contributed by atoms with E-state index in [1.54, 1.807) is 24.8 Å². The first-order valence-corrected chi connectivity index (χ1v) is 13.1. The van der Waals surface area contributed by atoms with Crippen LogP contribution in [0.15, 0.2) is 59.0 Å². The summed E-state index contributed by atoms with van der Waals surface area (Å²) in [5.74, 6) is 0. The summed E-state index contributed by atoms with van der Waals surface area (Å²) in [6, 6.07) is 7.79. The maximum Gasteiger partial charge on any atom is 1.00 e. The number of hydrogen-bond donors (Lipinski definition) is 2. The van der Waals surface area contributed by atoms with E-state index in [1.165, 1.54) is 0 Å². The summed E-state index contributed by atoms with van der Waals surface area (Å²) in [4.78, 5) is 16.8. The number of aromatic nitrogens is 2. The van der Waals surface area contributed by atoms with Gasteiger partial charge in [-0.25, -0.2) is 37.3 Å². The maximum absolute atomic E-state index is 8.49. The first-order valence-electron chi connectivity index (χ1n) is 10.6. The zero-order chi connectivity index (χ0) is 30.2. The van der Waals surface area contributed by atoms with Crippen LogP contribution < -0.4 is 48.7 Å². The Morgan fingerprint density at radius 3 is 1.00 bits per heavy atom. The van der Waals surface area contributed by atoms with Crippen molar-refractivity contribution < 1.29 is 103 Å². The standard InChI is InChI=1S/2C11H17N3.2Ag.2ClHO4/c2*1-9(14-8-11(2,3)12)10-4-6-13-7-5-10;;;2*2-1(3,4)5/h2*4-7H,8,12H2,1-3H3;;;2*(H,2,3,4,5)/q;;2*+1;;/p-2. The molecule has 2 aromatic rings. The molecular formula is C22H34Ag2Cl2N6O8. The van der Waals surface area contributed by atoms with Crippen LogP contribution >= 0.6 is 0 Å². The Labute approximate surface area is 269 Å². The second kappa shape index (κ2) is 21.9. The second-order valence-corrected chi connectivity index (χ2v) is 10.5. The SMILES string of the molecule is CC(=NCC(C)(C)N)c1ccncc1.CC(=NCC(C)(C)N)c1ccncc1.[Ag+].[Ag+].[O-][Cl+3]([O-])([O-])[O-].[O-][Cl+3]([O-])([O-])[O-]. The summed E-state index contributed by atoms with van der Waals surface area (Å²) in [6.07, 6.45) is 7.06. The van der Waals surface area contributed by atoms with E-state index in [9.17, 15) is 0 Å². The Morgan fingerprint density at radius 2 is 0.825 bits per heavy atom. The van der Waals surface area contributed by atoms with Gasteiger partial charge in [0.15, 0.2) is 0 Å². The molecule has 236 valence electrons. The molecule has 0 unspecified atom stereocenters. The van der Waals surface area contributed by atoms with E-state index in [1.807, 2.05) is 65.8 Å². The quantitative estimate of drug-likeness (QED) is 0.204. The van der Waals surface area contributed by atoms with Crippen LogP contribution in [0.4, 0.5) is 0 Å². The molecule has 0 aliphatic carbocycles. The smallest absolute Gasteiger partial charge is 0.324 e. The Morgan fingerprint density at radius 1 is 0.625 bits per heavy atom. The van der Waals surface area contributed by atoms with Crippen LogP contribution in [0.2, 0.25) is 0 Å². The molecule has 0 radical (unpaired) electrons. The van der Waals surface area contributed by atoms with E-state index < -0.39 is 20.5 Å². The van der Waals surface area contributed by atoms with E-state index >= 15 is 0 Å². The molecule has 2 rings (SSSR count). The van der Waals surface area contributed by atoms with Crippen molar-refractivity contribution in [3.05, 3.63) is 60.2 Å². The minimum absolute atomic E-state index is 0. The van der Waals surface area contributed by atoms with Crippen molar-refractivity contribution in [1.82, 2.24) is 9.97 Å². The molecule has 0 saturated carbocycles. The van der Waals surface area contributed by atoms with Crippen LogP contribution in [-0.4, -0.2) is 45.6 Å². The zero-order valence-corrected chi connectivity index (χ0v) is 27.1. The molecule has 0 fully saturated rings. The molecule has 18 heteroatoms. The third-order valence-corrected chi connectivity index (χ3v) is 3.64. The van der Waals surface area contributed by atoms with Gasteiger partial charge < -0.3 is 11.5 Å². The molecule has 0 amide bonds. The van der Waals surface area contributed by atoms with E-state index in [2.05, 4.69) is 20.0 Å². The number of hydrogen-bond acceptors (Lipinski definition) is 14. The summed E-state index contributed by atoms with van der Waals surface area (Å²) in [6.45, 7) is 13.1. The molecule has 0 atom stereocenters. The van der Waals surface area contributed by atoms with Gasteiger partial charge in [0.1, 0.15) is 0 Å². The molecular weight excluding hydrogens is 763 g/mol. The molecule has 4 N–H and O–H groups in total. The number of rotatable bonds is 6. The molecule has 0 aliphatic rings. The molecule has 14 nitrogen and oxygen atoms in total. The first-order chi connectivity index (χ1) is 17.0. The van der Waals surface area contributed by atoms with Gasteiger partial charge in [-0.1, -0.05) is 0 Å². The molecule has 40 heavy (non-hydrogen) atoms. The Balaban J connectivity index is -0.000000235. The van der Waals surface area contributed by atoms with Gasteiger partial charge in [-0.15, -0.1) is 20.5 Å². The van der Waals surface area contributed by atoms with Crippen LogP contribution in [-0.2, 0) is 44.8 Å². The predicted molar refractivity (Wildman–Crippen MR) is 119 cm³/mol. The van der Waals surface area contributed by atoms with Gasteiger partial charge in [-0.3, -0.25) is 20.0 Å². The van der Waals surface area contributed by atoms with Gasteiger partial charge in [0.05, 0.1) is 13.1 Å². The van der Waals surface area contributed by atoms with Crippen LogP contribution in [0.25, 0.3) is 0 Å². The Bertz CT molecular complexity index is 876. The van der Waals surface area contributed by atoms with Crippen LogP contribution in [0, 0.1) is 20.5 Å². The average molecular weight is 797 g/mol. The third-order valence-electron chi connectivity index (χ3n) is 3.64. The molecule has 0 aliphatic heterocycles. The Hall–Kier alpha value is -0.699. The molecule has 2 heterocycles. The summed E-state index contributed by atoms with van der Waals surface area (Å²) in [5.41, 5.74) is 15.4. The predicted octanol–water partition coefficient (Wildman–Crippen LogP) is -6.26. The second-order valence-electron chi connectivity index (χ2n) is 9.01. The molecule has 0 aromatic carbocycles. The number of nitrogens with two attached hydrogens (primary N) is 2. The van der Waals surface area contributed by atoms with Crippen molar-refractivity contribution in [3.8, 4) is 0 Å². The molecule has 2 aromatic heterocycles. The van der Waals surface area contributed by atoms with Crippen molar-refractivity contribution in [2.75, 3.05) is 13.1 Å². The van der Waals surface area contributed by atoms with Crippen molar-refractivity contribution in [2.24, 2.45) is 21.5 Å². The van der Waals surface area contributed by atoms with Crippen molar-refractivity contribution >= 4 is 11.4 Å². The van der Waals surface area contributed by atoms with E-state index in [0.29, 0.717) is 13.1 Å². The average Bonchev–Trinajstić information content (AvgIpc) is 2.74. The topological polar surface area (TPSA) is 287 Å². The van der Waals surface area contributed by atoms with E-state index in [-0.39, 0.29) is 55.8 Å². The number of nitrogens with zero attached hydrogens (tertiary/aromatic N) is 4. The summed E-state index contributed by atoms with van der Waals surface area (Å²) >= 11 is 0. The van der Waals surface area contributed by atoms with Crippen LogP contribution in [0.5, 0.6) is 0 Å². The van der Waals surface area contributed by atoms with E-state index in [4.69, 9.17) is 48.7 Å². The van der Waals surface area contributed by atoms with Gasteiger partial charge >= 0.3 is 44.8 Å². The summed E-state index contributed by atoms with van der Waals surface area (Å²) in [7, 11) is -9.89. The number of aliphatic imine (C=N–C) groups is 2. The van der Waals surface area contributed by atoms with Gasteiger partial charge in [0.2, 0.25) is 0 Å². The number of pyridine rings is 2. The fraction of sp³-hybridized carbons (Fsp3) is 0.455. The van der Waals surface area contributed by atoms with Gasteiger partial charge in [-0.05, 0) is 76.9 Å². The van der Waals surface area contributed by atoms with Gasteiger partial charge in [0.25, 0.3) is 0 Å². The number of halogens is 2. The molecule has 0 saturated heterocycles. The fourth-order valence-corrected chi connectivity index (χ4v) is 2.01. The molecule has 0 bridgehead atoms. The largest absolute Gasteiger partial charge is 1.00 e. The van der Waals surface area contributed by atoms with E-state index in [0.717, 1.165) is 22.6 Å². The van der Waals surface area contributed by atoms with Gasteiger partial charge in [0, 0.05) is 47.3 Å². The van der Waals surface area contributed by atoms with Crippen LogP contribution in [0.3, 0.4) is 0 Å². The minimum atomic E-state index is -4.94. The minimum Gasteiger partial charge on any atom is -0.324 e. The Kier molecular flexibility index (Phi) is 25.4.